The number of hydrogen-bond donors (Lipinski definition) is 1. The Balaban J connectivity index is 1.69. The summed E-state index contributed by atoms with van der Waals surface area (Å²) in [7, 11) is 0. The predicted octanol–water partition coefficient (Wildman–Crippen LogP) is 3.25. The van der Waals surface area contributed by atoms with Crippen LogP contribution in [0.4, 0.5) is 11.8 Å². The van der Waals surface area contributed by atoms with Crippen molar-refractivity contribution in [3.05, 3.63) is 42.1 Å². The van der Waals surface area contributed by atoms with Gasteiger partial charge in [-0.3, -0.25) is 0 Å². The van der Waals surface area contributed by atoms with E-state index in [0.29, 0.717) is 18.5 Å². The summed E-state index contributed by atoms with van der Waals surface area (Å²) in [5.41, 5.74) is 1.21. The summed E-state index contributed by atoms with van der Waals surface area (Å²) in [5.74, 6) is 1.54. The van der Waals surface area contributed by atoms with E-state index in [9.17, 15) is 0 Å². The highest BCUT2D eigenvalue weighted by molar-refractivity contribution is 5.42. The highest BCUT2D eigenvalue weighted by Gasteiger charge is 2.22. The maximum atomic E-state index is 4.65. The Labute approximate surface area is 131 Å². The third-order valence-corrected chi connectivity index (χ3v) is 4.23. The number of nitrogens with zero attached hydrogens (tertiary/aromatic N) is 4. The number of anilines is 2. The van der Waals surface area contributed by atoms with Gasteiger partial charge in [0.2, 0.25) is 5.95 Å². The van der Waals surface area contributed by atoms with Crippen molar-refractivity contribution in [3.8, 4) is 0 Å². The summed E-state index contributed by atoms with van der Waals surface area (Å²) in [6, 6.07) is 10.8. The molecule has 1 unspecified atom stereocenters. The Morgan fingerprint density at radius 3 is 2.91 bits per heavy atom. The van der Waals surface area contributed by atoms with Crippen LogP contribution >= 0.6 is 0 Å². The molecular formula is C17H23N5. The molecule has 0 aliphatic carbocycles. The molecule has 1 atom stereocenters. The van der Waals surface area contributed by atoms with Crippen molar-refractivity contribution in [1.82, 2.24) is 15.2 Å². The average Bonchev–Trinajstić information content (AvgIpc) is 2.61. The minimum Gasteiger partial charge on any atom is -0.352 e. The van der Waals surface area contributed by atoms with E-state index in [2.05, 4.69) is 44.5 Å². The third-order valence-electron chi connectivity index (χ3n) is 4.23. The van der Waals surface area contributed by atoms with Gasteiger partial charge in [-0.25, -0.2) is 0 Å². The van der Waals surface area contributed by atoms with Crippen LogP contribution in [-0.4, -0.2) is 27.8 Å². The molecule has 1 aromatic carbocycles. The molecule has 22 heavy (non-hydrogen) atoms. The van der Waals surface area contributed by atoms with Crippen LogP contribution in [0.15, 0.2) is 36.5 Å². The first-order valence-corrected chi connectivity index (χ1v) is 8.11. The van der Waals surface area contributed by atoms with Gasteiger partial charge in [0.1, 0.15) is 0 Å². The molecule has 1 aliphatic heterocycles. The van der Waals surface area contributed by atoms with E-state index in [1.54, 1.807) is 6.20 Å². The van der Waals surface area contributed by atoms with Gasteiger partial charge in [0.25, 0.3) is 0 Å². The molecule has 3 rings (SSSR count). The molecule has 116 valence electrons. The van der Waals surface area contributed by atoms with Crippen LogP contribution < -0.4 is 10.2 Å². The molecule has 1 N–H and O–H groups in total. The summed E-state index contributed by atoms with van der Waals surface area (Å²) in [4.78, 5) is 7.03. The van der Waals surface area contributed by atoms with Crippen LogP contribution in [0.5, 0.6) is 0 Å². The van der Waals surface area contributed by atoms with E-state index in [1.165, 1.54) is 24.8 Å². The van der Waals surface area contributed by atoms with E-state index in [0.717, 1.165) is 18.8 Å². The Kier molecular flexibility index (Phi) is 4.83. The summed E-state index contributed by atoms with van der Waals surface area (Å²) in [6.07, 6.45) is 6.71. The van der Waals surface area contributed by atoms with Crippen molar-refractivity contribution in [3.63, 3.8) is 0 Å². The molecule has 0 spiro atoms. The largest absolute Gasteiger partial charge is 0.352 e. The zero-order chi connectivity index (χ0) is 15.2. The number of benzene rings is 1. The van der Waals surface area contributed by atoms with Crippen molar-refractivity contribution in [2.24, 2.45) is 0 Å². The van der Waals surface area contributed by atoms with Gasteiger partial charge < -0.3 is 10.2 Å². The van der Waals surface area contributed by atoms with Gasteiger partial charge in [0, 0.05) is 19.1 Å². The topological polar surface area (TPSA) is 53.9 Å². The SMILES string of the molecule is CCC1CCCCN1c1cnnc(NCc2ccccc2)n1. The standard InChI is InChI=1S/C17H23N5/c1-2-15-10-6-7-11-22(15)16-13-19-21-17(20-16)18-12-14-8-4-3-5-9-14/h3-5,8-9,13,15H,2,6-7,10-12H2,1H3,(H,18,20,21). The van der Waals surface area contributed by atoms with Crippen molar-refractivity contribution in [2.45, 2.75) is 45.2 Å². The highest BCUT2D eigenvalue weighted by atomic mass is 15.3. The van der Waals surface area contributed by atoms with Crippen LogP contribution in [0.25, 0.3) is 0 Å². The fraction of sp³-hybridized carbons (Fsp3) is 0.471. The molecule has 1 fully saturated rings. The lowest BCUT2D eigenvalue weighted by Crippen LogP contribution is -2.39. The molecular weight excluding hydrogens is 274 g/mol. The zero-order valence-corrected chi connectivity index (χ0v) is 13.1. The number of hydrogen-bond acceptors (Lipinski definition) is 5. The Morgan fingerprint density at radius 2 is 2.09 bits per heavy atom. The number of aromatic nitrogens is 3. The quantitative estimate of drug-likeness (QED) is 0.918. The summed E-state index contributed by atoms with van der Waals surface area (Å²) in [5, 5.41) is 11.5. The van der Waals surface area contributed by atoms with E-state index in [1.807, 2.05) is 18.2 Å². The molecule has 2 heterocycles. The number of piperidine rings is 1. The van der Waals surface area contributed by atoms with Gasteiger partial charge in [-0.1, -0.05) is 37.3 Å². The molecule has 5 heteroatoms. The number of rotatable bonds is 5. The van der Waals surface area contributed by atoms with Crippen LogP contribution in [0.2, 0.25) is 0 Å². The molecule has 1 saturated heterocycles. The van der Waals surface area contributed by atoms with Gasteiger partial charge in [0.05, 0.1) is 6.20 Å². The van der Waals surface area contributed by atoms with E-state index >= 15 is 0 Å². The summed E-state index contributed by atoms with van der Waals surface area (Å²) in [6.45, 7) is 4.02. The molecule has 1 aliphatic rings. The van der Waals surface area contributed by atoms with Crippen molar-refractivity contribution >= 4 is 11.8 Å². The maximum absolute atomic E-state index is 4.65. The second kappa shape index (κ2) is 7.20. The fourth-order valence-corrected chi connectivity index (χ4v) is 3.01. The molecule has 0 radical (unpaired) electrons. The number of nitrogens with one attached hydrogen (secondary N) is 1. The second-order valence-electron chi connectivity index (χ2n) is 5.73. The Bertz CT molecular complexity index is 587. The van der Waals surface area contributed by atoms with Gasteiger partial charge in [-0.05, 0) is 31.2 Å². The Morgan fingerprint density at radius 1 is 1.23 bits per heavy atom. The first-order chi connectivity index (χ1) is 10.9. The minimum atomic E-state index is 0.576. The maximum Gasteiger partial charge on any atom is 0.244 e. The summed E-state index contributed by atoms with van der Waals surface area (Å²) < 4.78 is 0. The highest BCUT2D eigenvalue weighted by Crippen LogP contribution is 2.24. The lowest BCUT2D eigenvalue weighted by atomic mass is 10.0. The smallest absolute Gasteiger partial charge is 0.244 e. The lowest BCUT2D eigenvalue weighted by molar-refractivity contribution is 0.446. The molecule has 0 amide bonds. The summed E-state index contributed by atoms with van der Waals surface area (Å²) >= 11 is 0. The van der Waals surface area contributed by atoms with Crippen molar-refractivity contribution in [2.75, 3.05) is 16.8 Å². The second-order valence-corrected chi connectivity index (χ2v) is 5.73. The zero-order valence-electron chi connectivity index (χ0n) is 13.1. The molecule has 0 saturated carbocycles. The van der Waals surface area contributed by atoms with E-state index < -0.39 is 0 Å². The minimum absolute atomic E-state index is 0.576. The monoisotopic (exact) mass is 297 g/mol. The van der Waals surface area contributed by atoms with Gasteiger partial charge in [-0.2, -0.15) is 10.1 Å². The first kappa shape index (κ1) is 14.8. The van der Waals surface area contributed by atoms with Crippen LogP contribution in [-0.2, 0) is 6.54 Å². The van der Waals surface area contributed by atoms with Crippen LogP contribution in [0.1, 0.15) is 38.2 Å². The van der Waals surface area contributed by atoms with Gasteiger partial charge in [-0.15, -0.1) is 5.10 Å². The van der Waals surface area contributed by atoms with Crippen molar-refractivity contribution < 1.29 is 0 Å². The third kappa shape index (κ3) is 3.53. The lowest BCUT2D eigenvalue weighted by Gasteiger charge is -2.35. The fourth-order valence-electron chi connectivity index (χ4n) is 3.01. The molecule has 1 aromatic heterocycles. The Hall–Kier alpha value is -2.17. The average molecular weight is 297 g/mol. The van der Waals surface area contributed by atoms with E-state index in [-0.39, 0.29) is 0 Å². The van der Waals surface area contributed by atoms with Gasteiger partial charge in [0.15, 0.2) is 5.82 Å². The normalized spacial score (nSPS) is 18.2. The molecule has 5 nitrogen and oxygen atoms in total. The van der Waals surface area contributed by atoms with E-state index in [4.69, 9.17) is 0 Å². The van der Waals surface area contributed by atoms with Crippen LogP contribution in [0.3, 0.4) is 0 Å². The molecule has 2 aromatic rings. The first-order valence-electron chi connectivity index (χ1n) is 8.11. The van der Waals surface area contributed by atoms with Crippen LogP contribution in [0, 0.1) is 0 Å². The van der Waals surface area contributed by atoms with Crippen molar-refractivity contribution in [1.29, 1.82) is 0 Å². The predicted molar refractivity (Wildman–Crippen MR) is 88.9 cm³/mol. The van der Waals surface area contributed by atoms with Gasteiger partial charge >= 0.3 is 0 Å². The molecule has 0 bridgehead atoms.